The Kier molecular flexibility index (Phi) is 3.05. The van der Waals surface area contributed by atoms with Gasteiger partial charge in [-0.3, -0.25) is 4.79 Å². The van der Waals surface area contributed by atoms with E-state index in [0.717, 1.165) is 25.0 Å². The van der Waals surface area contributed by atoms with Crippen LogP contribution in [0.2, 0.25) is 0 Å². The molecule has 3 atom stereocenters. The molecule has 1 aromatic rings. The van der Waals surface area contributed by atoms with Crippen LogP contribution in [0.15, 0.2) is 23.8 Å². The van der Waals surface area contributed by atoms with Crippen LogP contribution in [-0.2, 0) is 11.2 Å². The third-order valence-corrected chi connectivity index (χ3v) is 6.46. The fourth-order valence-electron chi connectivity index (χ4n) is 4.90. The number of aryl methyl sites for hydroxylation is 1. The minimum Gasteiger partial charge on any atom is -0.497 e. The van der Waals surface area contributed by atoms with E-state index in [2.05, 4.69) is 19.1 Å². The van der Waals surface area contributed by atoms with Gasteiger partial charge in [0.15, 0.2) is 0 Å². The Morgan fingerprint density at radius 2 is 2.00 bits per heavy atom. The molecule has 0 aromatic heterocycles. The van der Waals surface area contributed by atoms with E-state index in [4.69, 9.17) is 4.74 Å². The van der Waals surface area contributed by atoms with Gasteiger partial charge in [0, 0.05) is 5.41 Å². The molecule has 23 heavy (non-hydrogen) atoms. The van der Waals surface area contributed by atoms with Gasteiger partial charge in [0.1, 0.15) is 11.5 Å². The standard InChI is InChI=1S/C20H24O3/c1-19-8-9-20(2,22)17(18(19)21)11-15-14-6-5-13(23-3)10-12(14)4-7-16(15)19/h5-6,10,17,22H,4,7-9,11H2,1-3H3/t17-,19-,20-/m1/s1. The first-order valence-electron chi connectivity index (χ1n) is 8.53. The number of rotatable bonds is 1. The predicted octanol–water partition coefficient (Wildman–Crippen LogP) is 3.54. The van der Waals surface area contributed by atoms with Gasteiger partial charge in [-0.05, 0) is 74.8 Å². The molecule has 1 aromatic carbocycles. The predicted molar refractivity (Wildman–Crippen MR) is 89.3 cm³/mol. The summed E-state index contributed by atoms with van der Waals surface area (Å²) in [6, 6.07) is 6.25. The summed E-state index contributed by atoms with van der Waals surface area (Å²) < 4.78 is 5.35. The van der Waals surface area contributed by atoms with Gasteiger partial charge in [-0.25, -0.2) is 0 Å². The highest BCUT2D eigenvalue weighted by molar-refractivity contribution is 5.98. The summed E-state index contributed by atoms with van der Waals surface area (Å²) >= 11 is 0. The van der Waals surface area contributed by atoms with Gasteiger partial charge >= 0.3 is 0 Å². The minimum absolute atomic E-state index is 0.254. The summed E-state index contributed by atoms with van der Waals surface area (Å²) in [6.45, 7) is 3.93. The average Bonchev–Trinajstić information content (AvgIpc) is 2.54. The smallest absolute Gasteiger partial charge is 0.149 e. The van der Waals surface area contributed by atoms with Crippen LogP contribution in [-0.4, -0.2) is 23.6 Å². The number of ketones is 1. The molecule has 0 spiro atoms. The maximum Gasteiger partial charge on any atom is 0.149 e. The Balaban J connectivity index is 1.88. The minimum atomic E-state index is -0.876. The number of ether oxygens (including phenoxy) is 1. The first-order chi connectivity index (χ1) is 10.9. The van der Waals surface area contributed by atoms with Crippen molar-refractivity contribution in [3.63, 3.8) is 0 Å². The maximum atomic E-state index is 13.0. The van der Waals surface area contributed by atoms with E-state index in [9.17, 15) is 9.90 Å². The van der Waals surface area contributed by atoms with Gasteiger partial charge in [-0.1, -0.05) is 11.6 Å². The van der Waals surface area contributed by atoms with Crippen LogP contribution < -0.4 is 4.74 Å². The van der Waals surface area contributed by atoms with E-state index < -0.39 is 5.60 Å². The Labute approximate surface area is 137 Å². The molecule has 3 aliphatic carbocycles. The molecule has 122 valence electrons. The van der Waals surface area contributed by atoms with Crippen LogP contribution in [0.4, 0.5) is 0 Å². The first-order valence-corrected chi connectivity index (χ1v) is 8.53. The van der Waals surface area contributed by atoms with Crippen molar-refractivity contribution < 1.29 is 14.6 Å². The summed E-state index contributed by atoms with van der Waals surface area (Å²) in [5.74, 6) is 0.871. The van der Waals surface area contributed by atoms with Gasteiger partial charge in [-0.2, -0.15) is 0 Å². The molecule has 3 nitrogen and oxygen atoms in total. The number of hydrogen-bond acceptors (Lipinski definition) is 3. The molecule has 0 unspecified atom stereocenters. The van der Waals surface area contributed by atoms with Crippen LogP contribution >= 0.6 is 0 Å². The highest BCUT2D eigenvalue weighted by Gasteiger charge is 2.56. The monoisotopic (exact) mass is 312 g/mol. The number of methoxy groups -OCH3 is 1. The van der Waals surface area contributed by atoms with Crippen molar-refractivity contribution in [2.24, 2.45) is 11.3 Å². The van der Waals surface area contributed by atoms with Gasteiger partial charge in [0.2, 0.25) is 0 Å². The SMILES string of the molecule is COc1ccc2c(c1)CCC1=C2C[C@@H]2C(=O)[C@]1(C)CC[C@@]2(C)O. The lowest BCUT2D eigenvalue weighted by Crippen LogP contribution is -2.54. The maximum absolute atomic E-state index is 13.0. The second-order valence-electron chi connectivity index (χ2n) is 7.79. The Morgan fingerprint density at radius 1 is 1.22 bits per heavy atom. The molecule has 1 saturated carbocycles. The average molecular weight is 312 g/mol. The molecule has 0 heterocycles. The Bertz CT molecular complexity index is 728. The molecule has 0 radical (unpaired) electrons. The van der Waals surface area contributed by atoms with Gasteiger partial charge in [0.25, 0.3) is 0 Å². The normalized spacial score (nSPS) is 35.7. The van der Waals surface area contributed by atoms with Crippen LogP contribution in [0.1, 0.15) is 50.7 Å². The number of carbonyl (C=O) groups excluding carboxylic acids is 1. The first kappa shape index (κ1) is 14.9. The second-order valence-corrected chi connectivity index (χ2v) is 7.79. The van der Waals surface area contributed by atoms with Gasteiger partial charge < -0.3 is 9.84 Å². The van der Waals surface area contributed by atoms with Crippen molar-refractivity contribution in [2.45, 2.75) is 51.6 Å². The lowest BCUT2D eigenvalue weighted by molar-refractivity contribution is -0.148. The summed E-state index contributed by atoms with van der Waals surface area (Å²) in [5, 5.41) is 10.7. The number of allylic oxidation sites excluding steroid dienone is 2. The molecule has 1 fully saturated rings. The van der Waals surface area contributed by atoms with E-state index in [-0.39, 0.29) is 17.1 Å². The van der Waals surface area contributed by atoms with E-state index in [0.29, 0.717) is 12.8 Å². The van der Waals surface area contributed by atoms with E-state index in [1.165, 1.54) is 22.3 Å². The number of aliphatic hydroxyl groups is 1. The van der Waals surface area contributed by atoms with Crippen LogP contribution in [0.3, 0.4) is 0 Å². The zero-order valence-corrected chi connectivity index (χ0v) is 14.1. The Hall–Kier alpha value is -1.61. The van der Waals surface area contributed by atoms with Crippen molar-refractivity contribution in [3.05, 3.63) is 34.9 Å². The summed E-state index contributed by atoms with van der Waals surface area (Å²) in [5.41, 5.74) is 3.94. The zero-order chi connectivity index (χ0) is 16.4. The third kappa shape index (κ3) is 1.96. The molecule has 2 bridgehead atoms. The van der Waals surface area contributed by atoms with E-state index in [1.54, 1.807) is 7.11 Å². The largest absolute Gasteiger partial charge is 0.497 e. The lowest BCUT2D eigenvalue weighted by atomic mass is 9.53. The van der Waals surface area contributed by atoms with E-state index in [1.807, 2.05) is 13.0 Å². The highest BCUT2D eigenvalue weighted by atomic mass is 16.5. The Morgan fingerprint density at radius 3 is 2.74 bits per heavy atom. The van der Waals surface area contributed by atoms with Crippen molar-refractivity contribution in [2.75, 3.05) is 7.11 Å². The third-order valence-electron chi connectivity index (χ3n) is 6.46. The zero-order valence-electron chi connectivity index (χ0n) is 14.1. The number of fused-ring (bicyclic) bond motifs is 5. The molecule has 0 saturated heterocycles. The molecular formula is C20H24O3. The molecule has 3 aliphatic rings. The quantitative estimate of drug-likeness (QED) is 0.863. The number of hydrogen-bond donors (Lipinski definition) is 1. The molecule has 3 heteroatoms. The summed E-state index contributed by atoms with van der Waals surface area (Å²) in [4.78, 5) is 13.0. The summed E-state index contributed by atoms with van der Waals surface area (Å²) in [7, 11) is 1.69. The number of benzene rings is 1. The molecule has 0 amide bonds. The van der Waals surface area contributed by atoms with Crippen LogP contribution in [0.25, 0.3) is 5.57 Å². The van der Waals surface area contributed by atoms with Crippen molar-refractivity contribution >= 4 is 11.4 Å². The fourth-order valence-corrected chi connectivity index (χ4v) is 4.90. The van der Waals surface area contributed by atoms with E-state index >= 15 is 0 Å². The van der Waals surface area contributed by atoms with Crippen LogP contribution in [0, 0.1) is 11.3 Å². The van der Waals surface area contributed by atoms with Gasteiger partial charge in [0.05, 0.1) is 18.6 Å². The topological polar surface area (TPSA) is 46.5 Å². The molecular weight excluding hydrogens is 288 g/mol. The van der Waals surface area contributed by atoms with Crippen molar-refractivity contribution in [1.82, 2.24) is 0 Å². The molecule has 1 N–H and O–H groups in total. The van der Waals surface area contributed by atoms with Crippen molar-refractivity contribution in [1.29, 1.82) is 0 Å². The summed E-state index contributed by atoms with van der Waals surface area (Å²) in [6.07, 6.45) is 4.07. The lowest BCUT2D eigenvalue weighted by Gasteiger charge is -2.51. The van der Waals surface area contributed by atoms with Crippen LogP contribution in [0.5, 0.6) is 5.75 Å². The fraction of sp³-hybridized carbons (Fsp3) is 0.550. The van der Waals surface area contributed by atoms with Crippen molar-refractivity contribution in [3.8, 4) is 5.75 Å². The number of carbonyl (C=O) groups is 1. The number of Topliss-reactive ketones (excluding diaryl/α,β-unsaturated/α-hetero) is 1. The molecule has 4 rings (SSSR count). The highest BCUT2D eigenvalue weighted by Crippen LogP contribution is 2.57. The second kappa shape index (κ2) is 4.70. The molecule has 0 aliphatic heterocycles. The van der Waals surface area contributed by atoms with Gasteiger partial charge in [-0.15, -0.1) is 0 Å².